The van der Waals surface area contributed by atoms with Crippen molar-refractivity contribution in [3.63, 3.8) is 0 Å². The molecule has 0 saturated carbocycles. The highest BCUT2D eigenvalue weighted by atomic mass is 32.2. The molecule has 0 aromatic carbocycles. The Kier molecular flexibility index (Phi) is 6.66. The molecule has 0 spiro atoms. The smallest absolute Gasteiger partial charge is 0.233 e. The van der Waals surface area contributed by atoms with Crippen molar-refractivity contribution < 1.29 is 4.79 Å². The number of aromatic nitrogens is 3. The van der Waals surface area contributed by atoms with Gasteiger partial charge in [-0.15, -0.1) is 10.2 Å². The zero-order valence-corrected chi connectivity index (χ0v) is 15.2. The van der Waals surface area contributed by atoms with Gasteiger partial charge >= 0.3 is 0 Å². The normalized spacial score (nSPS) is 10.9. The predicted molar refractivity (Wildman–Crippen MR) is 96.8 cm³/mol. The van der Waals surface area contributed by atoms with Crippen LogP contribution in [0.5, 0.6) is 0 Å². The number of rotatable bonds is 7. The van der Waals surface area contributed by atoms with E-state index in [1.165, 1.54) is 11.3 Å². The first kappa shape index (κ1) is 17.2. The number of carbonyl (C=O) groups excluding carboxylic acids is 1. The second-order valence-corrected chi connectivity index (χ2v) is 7.41. The maximum atomic E-state index is 12.6. The lowest BCUT2D eigenvalue weighted by Crippen LogP contribution is -2.35. The molecule has 0 radical (unpaired) electrons. The average molecular weight is 355 g/mol. The number of amides is 1. The number of anilines is 1. The van der Waals surface area contributed by atoms with E-state index in [9.17, 15) is 4.79 Å². The second kappa shape index (κ2) is 8.50. The van der Waals surface area contributed by atoms with Gasteiger partial charge in [0, 0.05) is 36.5 Å². The Morgan fingerprint density at radius 2 is 2.05 bits per heavy atom. The fourth-order valence-corrected chi connectivity index (χ4v) is 4.19. The van der Waals surface area contributed by atoms with Crippen LogP contribution in [0.3, 0.4) is 0 Å². The molecule has 0 N–H and O–H groups in total. The summed E-state index contributed by atoms with van der Waals surface area (Å²) in [5.41, 5.74) is 0.914. The standard InChI is InChI=1S/C14H18N4OS3/c1-18(13(19)11(8-20-2)9-21-3)14-17-16-12(22-14)10-5-4-6-15-7-10/h4-7,11H,8-9H2,1-3H3. The Morgan fingerprint density at radius 3 is 2.64 bits per heavy atom. The molecule has 8 heteroatoms. The van der Waals surface area contributed by atoms with Crippen LogP contribution in [0, 0.1) is 5.92 Å². The van der Waals surface area contributed by atoms with Gasteiger partial charge in [0.25, 0.3) is 0 Å². The summed E-state index contributed by atoms with van der Waals surface area (Å²) < 4.78 is 0. The monoisotopic (exact) mass is 354 g/mol. The van der Waals surface area contributed by atoms with Crippen LogP contribution in [0.1, 0.15) is 0 Å². The third kappa shape index (κ3) is 4.21. The molecule has 118 valence electrons. The van der Waals surface area contributed by atoms with Crippen molar-refractivity contribution in [3.8, 4) is 10.6 Å². The van der Waals surface area contributed by atoms with Crippen LogP contribution in [-0.2, 0) is 4.79 Å². The van der Waals surface area contributed by atoms with Crippen LogP contribution >= 0.6 is 34.9 Å². The van der Waals surface area contributed by atoms with E-state index in [1.54, 1.807) is 47.9 Å². The fourth-order valence-electron chi connectivity index (χ4n) is 1.92. The zero-order chi connectivity index (χ0) is 15.9. The molecule has 0 aliphatic carbocycles. The minimum absolute atomic E-state index is 0.000687. The van der Waals surface area contributed by atoms with Gasteiger partial charge in [0.15, 0.2) is 5.01 Å². The third-order valence-electron chi connectivity index (χ3n) is 3.03. The van der Waals surface area contributed by atoms with E-state index in [0.29, 0.717) is 5.13 Å². The van der Waals surface area contributed by atoms with Gasteiger partial charge in [0.2, 0.25) is 11.0 Å². The summed E-state index contributed by atoms with van der Waals surface area (Å²) in [4.78, 5) is 18.3. The first-order valence-electron chi connectivity index (χ1n) is 6.66. The van der Waals surface area contributed by atoms with Gasteiger partial charge in [-0.2, -0.15) is 23.5 Å². The van der Waals surface area contributed by atoms with Crippen molar-refractivity contribution in [3.05, 3.63) is 24.5 Å². The number of carbonyl (C=O) groups is 1. The molecule has 0 bridgehead atoms. The number of thioether (sulfide) groups is 2. The van der Waals surface area contributed by atoms with Gasteiger partial charge < -0.3 is 0 Å². The van der Waals surface area contributed by atoms with Gasteiger partial charge in [-0.05, 0) is 24.6 Å². The molecule has 1 amide bonds. The summed E-state index contributed by atoms with van der Waals surface area (Å²) in [7, 11) is 1.77. The highest BCUT2D eigenvalue weighted by molar-refractivity contribution is 7.99. The summed E-state index contributed by atoms with van der Waals surface area (Å²) in [6.07, 6.45) is 7.50. The van der Waals surface area contributed by atoms with E-state index in [2.05, 4.69) is 15.2 Å². The van der Waals surface area contributed by atoms with Crippen molar-refractivity contribution in [2.75, 3.05) is 36.0 Å². The Labute approximate surface area is 142 Å². The largest absolute Gasteiger partial charge is 0.290 e. The molecule has 22 heavy (non-hydrogen) atoms. The number of nitrogens with zero attached hydrogens (tertiary/aromatic N) is 4. The molecule has 0 aliphatic rings. The highest BCUT2D eigenvalue weighted by Gasteiger charge is 2.24. The molecule has 2 aromatic rings. The maximum absolute atomic E-state index is 12.6. The Bertz CT molecular complexity index is 599. The molecule has 2 heterocycles. The van der Waals surface area contributed by atoms with Gasteiger partial charge in [-0.25, -0.2) is 0 Å². The summed E-state index contributed by atoms with van der Waals surface area (Å²) in [5.74, 6) is 1.73. The molecule has 0 unspecified atom stereocenters. The van der Waals surface area contributed by atoms with Crippen LogP contribution in [0.4, 0.5) is 5.13 Å². The Balaban J connectivity index is 2.14. The molecule has 0 atom stereocenters. The quantitative estimate of drug-likeness (QED) is 0.762. The van der Waals surface area contributed by atoms with Crippen molar-refractivity contribution in [1.82, 2.24) is 15.2 Å². The predicted octanol–water partition coefficient (Wildman–Crippen LogP) is 2.91. The van der Waals surface area contributed by atoms with E-state index in [4.69, 9.17) is 0 Å². The van der Waals surface area contributed by atoms with Crippen LogP contribution in [0.2, 0.25) is 0 Å². The summed E-state index contributed by atoms with van der Waals surface area (Å²) in [6, 6.07) is 3.79. The molecule has 2 aromatic heterocycles. The van der Waals surface area contributed by atoms with E-state index >= 15 is 0 Å². The van der Waals surface area contributed by atoms with Crippen LogP contribution < -0.4 is 4.90 Å². The molecular weight excluding hydrogens is 336 g/mol. The van der Waals surface area contributed by atoms with Crippen LogP contribution in [0.25, 0.3) is 10.6 Å². The lowest BCUT2D eigenvalue weighted by molar-refractivity contribution is -0.120. The average Bonchev–Trinajstić information content (AvgIpc) is 3.04. The molecular formula is C14H18N4OS3. The first-order valence-corrected chi connectivity index (χ1v) is 10.3. The van der Waals surface area contributed by atoms with Crippen LogP contribution in [0.15, 0.2) is 24.5 Å². The minimum Gasteiger partial charge on any atom is -0.290 e. The summed E-state index contributed by atoms with van der Waals surface area (Å²) >= 11 is 4.79. The van der Waals surface area contributed by atoms with E-state index < -0.39 is 0 Å². The lowest BCUT2D eigenvalue weighted by Gasteiger charge is -2.20. The molecule has 0 fully saturated rings. The Hall–Kier alpha value is -1.12. The maximum Gasteiger partial charge on any atom is 0.233 e. The van der Waals surface area contributed by atoms with Gasteiger partial charge in [-0.3, -0.25) is 14.7 Å². The van der Waals surface area contributed by atoms with Crippen molar-refractivity contribution in [2.24, 2.45) is 5.92 Å². The first-order chi connectivity index (χ1) is 10.7. The highest BCUT2D eigenvalue weighted by Crippen LogP contribution is 2.28. The summed E-state index contributed by atoms with van der Waals surface area (Å²) in [5, 5.41) is 9.71. The van der Waals surface area contributed by atoms with Crippen molar-refractivity contribution in [2.45, 2.75) is 0 Å². The molecule has 0 aliphatic heterocycles. The zero-order valence-electron chi connectivity index (χ0n) is 12.7. The van der Waals surface area contributed by atoms with Crippen molar-refractivity contribution in [1.29, 1.82) is 0 Å². The third-order valence-corrected chi connectivity index (χ3v) is 5.55. The number of pyridine rings is 1. The van der Waals surface area contributed by atoms with E-state index in [-0.39, 0.29) is 11.8 Å². The molecule has 5 nitrogen and oxygen atoms in total. The lowest BCUT2D eigenvalue weighted by atomic mass is 10.2. The summed E-state index contributed by atoms with van der Waals surface area (Å²) in [6.45, 7) is 0. The van der Waals surface area contributed by atoms with Gasteiger partial charge in [0.05, 0.1) is 5.92 Å². The fraction of sp³-hybridized carbons (Fsp3) is 0.429. The molecule has 2 rings (SSSR count). The van der Waals surface area contributed by atoms with Gasteiger partial charge in [0.1, 0.15) is 0 Å². The van der Waals surface area contributed by atoms with Crippen molar-refractivity contribution >= 4 is 45.9 Å². The second-order valence-electron chi connectivity index (χ2n) is 4.64. The molecule has 0 saturated heterocycles. The SMILES string of the molecule is CSCC(CSC)C(=O)N(C)c1nnc(-c2cccnc2)s1. The van der Waals surface area contributed by atoms with Crippen LogP contribution in [-0.4, -0.2) is 52.2 Å². The number of hydrogen-bond donors (Lipinski definition) is 0. The minimum atomic E-state index is 0.000687. The Morgan fingerprint density at radius 1 is 1.32 bits per heavy atom. The van der Waals surface area contributed by atoms with Gasteiger partial charge in [-0.1, -0.05) is 11.3 Å². The topological polar surface area (TPSA) is 59.0 Å². The van der Waals surface area contributed by atoms with E-state index in [1.807, 2.05) is 24.6 Å². The number of hydrogen-bond acceptors (Lipinski definition) is 7. The van der Waals surface area contributed by atoms with E-state index in [0.717, 1.165) is 22.1 Å².